The topological polar surface area (TPSA) is 16.6 Å². The summed E-state index contributed by atoms with van der Waals surface area (Å²) < 4.78 is 0. The summed E-state index contributed by atoms with van der Waals surface area (Å²) in [6.07, 6.45) is 5.94. The molecular formula is C16H24ClN. The van der Waals surface area contributed by atoms with Crippen LogP contribution in [0.4, 0.5) is 0 Å². The maximum atomic E-state index is 2.39. The van der Waals surface area contributed by atoms with E-state index in [4.69, 9.17) is 0 Å². The Kier molecular flexibility index (Phi) is 4.69. The van der Waals surface area contributed by atoms with E-state index in [9.17, 15) is 0 Å². The van der Waals surface area contributed by atoms with Gasteiger partial charge in [0.2, 0.25) is 0 Å². The van der Waals surface area contributed by atoms with Gasteiger partial charge in [0.1, 0.15) is 0 Å². The standard InChI is InChI=1S/C16H23N.ClH/c1-17-11-15-12-7-9-14(10-8-12)16(15)13-5-3-2-4-6-13;/h2-6,12,14-17H,7-11H2,1H3;1H. The van der Waals surface area contributed by atoms with Gasteiger partial charge in [-0.3, -0.25) is 0 Å². The first kappa shape index (κ1) is 13.9. The molecule has 1 aromatic rings. The van der Waals surface area contributed by atoms with Gasteiger partial charge < -0.3 is 17.7 Å². The number of nitrogens with two attached hydrogens (primary N) is 1. The van der Waals surface area contributed by atoms with Crippen molar-refractivity contribution < 1.29 is 17.7 Å². The molecule has 100 valence electrons. The van der Waals surface area contributed by atoms with E-state index in [0.29, 0.717) is 0 Å². The highest BCUT2D eigenvalue weighted by Crippen LogP contribution is 2.52. The quantitative estimate of drug-likeness (QED) is 0.752. The monoisotopic (exact) mass is 265 g/mol. The zero-order valence-electron chi connectivity index (χ0n) is 11.2. The van der Waals surface area contributed by atoms with Crippen molar-refractivity contribution in [2.75, 3.05) is 13.6 Å². The first-order valence-corrected chi connectivity index (χ1v) is 7.23. The number of fused-ring (bicyclic) bond motifs is 3. The Morgan fingerprint density at radius 1 is 1.00 bits per heavy atom. The predicted molar refractivity (Wildman–Crippen MR) is 70.8 cm³/mol. The van der Waals surface area contributed by atoms with Gasteiger partial charge in [0.05, 0.1) is 13.6 Å². The van der Waals surface area contributed by atoms with E-state index >= 15 is 0 Å². The van der Waals surface area contributed by atoms with Crippen molar-refractivity contribution in [3.05, 3.63) is 35.9 Å². The number of benzene rings is 1. The van der Waals surface area contributed by atoms with Crippen molar-refractivity contribution in [2.24, 2.45) is 17.8 Å². The van der Waals surface area contributed by atoms with E-state index in [0.717, 1.165) is 23.7 Å². The van der Waals surface area contributed by atoms with E-state index in [2.05, 4.69) is 42.7 Å². The third kappa shape index (κ3) is 2.44. The molecule has 1 aromatic carbocycles. The summed E-state index contributed by atoms with van der Waals surface area (Å²) in [6.45, 7) is 1.32. The van der Waals surface area contributed by atoms with Crippen LogP contribution in [0.25, 0.3) is 0 Å². The molecule has 2 unspecified atom stereocenters. The summed E-state index contributed by atoms with van der Waals surface area (Å²) in [5, 5.41) is 2.39. The Hall–Kier alpha value is -0.530. The number of rotatable bonds is 3. The third-order valence-corrected chi connectivity index (χ3v) is 5.08. The van der Waals surface area contributed by atoms with E-state index in [-0.39, 0.29) is 12.4 Å². The number of hydrogen-bond donors (Lipinski definition) is 1. The van der Waals surface area contributed by atoms with E-state index in [1.165, 1.54) is 32.2 Å². The van der Waals surface area contributed by atoms with Gasteiger partial charge in [-0.25, -0.2) is 0 Å². The highest BCUT2D eigenvalue weighted by molar-refractivity contribution is 5.23. The van der Waals surface area contributed by atoms with Crippen LogP contribution in [-0.2, 0) is 0 Å². The molecule has 0 amide bonds. The van der Waals surface area contributed by atoms with Crippen LogP contribution in [0.1, 0.15) is 37.2 Å². The molecule has 0 radical (unpaired) electrons. The molecule has 0 aromatic heterocycles. The molecule has 2 heteroatoms. The van der Waals surface area contributed by atoms with Gasteiger partial charge in [-0.15, -0.1) is 0 Å². The van der Waals surface area contributed by atoms with Crippen LogP contribution in [0, 0.1) is 17.8 Å². The zero-order chi connectivity index (χ0) is 11.7. The molecule has 2 N–H and O–H groups in total. The third-order valence-electron chi connectivity index (χ3n) is 5.08. The lowest BCUT2D eigenvalue weighted by molar-refractivity contribution is -0.635. The Bertz CT molecular complexity index is 357. The minimum atomic E-state index is 0. The minimum Gasteiger partial charge on any atom is -1.00 e. The van der Waals surface area contributed by atoms with Gasteiger partial charge in [0.15, 0.2) is 0 Å². The normalized spacial score (nSPS) is 34.1. The second-order valence-corrected chi connectivity index (χ2v) is 5.92. The lowest BCUT2D eigenvalue weighted by atomic mass is 9.57. The van der Waals surface area contributed by atoms with Crippen molar-refractivity contribution in [3.8, 4) is 0 Å². The molecule has 3 saturated carbocycles. The molecule has 0 aliphatic heterocycles. The summed E-state index contributed by atoms with van der Waals surface area (Å²) in [4.78, 5) is 0. The van der Waals surface area contributed by atoms with Crippen molar-refractivity contribution in [1.82, 2.24) is 0 Å². The molecular weight excluding hydrogens is 242 g/mol. The van der Waals surface area contributed by atoms with Crippen LogP contribution >= 0.6 is 0 Å². The van der Waals surface area contributed by atoms with E-state index < -0.39 is 0 Å². The van der Waals surface area contributed by atoms with E-state index in [1.54, 1.807) is 5.56 Å². The smallest absolute Gasteiger partial charge is 0.0790 e. The highest BCUT2D eigenvalue weighted by atomic mass is 35.5. The summed E-state index contributed by atoms with van der Waals surface area (Å²) in [7, 11) is 2.23. The van der Waals surface area contributed by atoms with Gasteiger partial charge in [-0.1, -0.05) is 30.3 Å². The molecule has 2 bridgehead atoms. The summed E-state index contributed by atoms with van der Waals surface area (Å²) in [5.74, 6) is 3.74. The summed E-state index contributed by atoms with van der Waals surface area (Å²) in [5.41, 5.74) is 1.61. The molecule has 0 saturated heterocycles. The molecule has 1 nitrogen and oxygen atoms in total. The molecule has 0 heterocycles. The second kappa shape index (κ2) is 6.08. The van der Waals surface area contributed by atoms with Crippen LogP contribution in [0.15, 0.2) is 30.3 Å². The van der Waals surface area contributed by atoms with Crippen LogP contribution in [0.3, 0.4) is 0 Å². The number of hydrogen-bond acceptors (Lipinski definition) is 0. The van der Waals surface area contributed by atoms with Gasteiger partial charge >= 0.3 is 0 Å². The van der Waals surface area contributed by atoms with Crippen LogP contribution in [-0.4, -0.2) is 13.6 Å². The number of quaternary nitrogens is 1. The van der Waals surface area contributed by atoms with Gasteiger partial charge in [0, 0.05) is 5.92 Å². The molecule has 4 rings (SSSR count). The van der Waals surface area contributed by atoms with Crippen molar-refractivity contribution in [2.45, 2.75) is 31.6 Å². The van der Waals surface area contributed by atoms with Gasteiger partial charge in [0.25, 0.3) is 0 Å². The van der Waals surface area contributed by atoms with E-state index in [1.807, 2.05) is 0 Å². The van der Waals surface area contributed by atoms with Crippen molar-refractivity contribution in [3.63, 3.8) is 0 Å². The molecule has 3 fully saturated rings. The average Bonchev–Trinajstić information content (AvgIpc) is 2.41. The summed E-state index contributed by atoms with van der Waals surface area (Å²) in [6, 6.07) is 11.3. The van der Waals surface area contributed by atoms with Crippen molar-refractivity contribution in [1.29, 1.82) is 0 Å². The molecule has 0 spiro atoms. The Morgan fingerprint density at radius 3 is 2.22 bits per heavy atom. The molecule has 3 aliphatic rings. The maximum absolute atomic E-state index is 2.39. The molecule has 3 aliphatic carbocycles. The zero-order valence-corrected chi connectivity index (χ0v) is 11.9. The average molecular weight is 266 g/mol. The van der Waals surface area contributed by atoms with Crippen LogP contribution < -0.4 is 17.7 Å². The first-order valence-electron chi connectivity index (χ1n) is 7.23. The van der Waals surface area contributed by atoms with Crippen LogP contribution in [0.2, 0.25) is 0 Å². The highest BCUT2D eigenvalue weighted by Gasteiger charge is 2.44. The Morgan fingerprint density at radius 2 is 1.61 bits per heavy atom. The number of halogens is 1. The fraction of sp³-hybridized carbons (Fsp3) is 0.625. The lowest BCUT2D eigenvalue weighted by Crippen LogP contribution is -3.00. The second-order valence-electron chi connectivity index (χ2n) is 5.92. The van der Waals surface area contributed by atoms with Crippen LogP contribution in [0.5, 0.6) is 0 Å². The summed E-state index contributed by atoms with van der Waals surface area (Å²) >= 11 is 0. The largest absolute Gasteiger partial charge is 1.00 e. The SMILES string of the molecule is C[NH2+]CC1C2CCC(CC2)C1c1ccccc1.[Cl-]. The van der Waals surface area contributed by atoms with Crippen molar-refractivity contribution >= 4 is 0 Å². The fourth-order valence-corrected chi connectivity index (χ4v) is 4.38. The van der Waals surface area contributed by atoms with Gasteiger partial charge in [-0.05, 0) is 49.0 Å². The maximum Gasteiger partial charge on any atom is 0.0790 e. The molecule has 2 atom stereocenters. The van der Waals surface area contributed by atoms with Gasteiger partial charge in [-0.2, -0.15) is 0 Å². The minimum absolute atomic E-state index is 0. The predicted octanol–water partition coefficient (Wildman–Crippen LogP) is -0.596. The molecule has 18 heavy (non-hydrogen) atoms. The Labute approximate surface area is 117 Å². The Balaban J connectivity index is 0.00000120. The first-order chi connectivity index (χ1) is 8.40. The lowest BCUT2D eigenvalue weighted by Gasteiger charge is -2.48. The fourth-order valence-electron chi connectivity index (χ4n) is 4.38.